The Labute approximate surface area is 118 Å². The Hall–Kier alpha value is -2.67. The molecule has 4 aromatic heterocycles. The van der Waals surface area contributed by atoms with Crippen molar-refractivity contribution in [3.05, 3.63) is 48.5 Å². The van der Waals surface area contributed by atoms with Crippen LogP contribution in [0.4, 0.5) is 10.8 Å². The van der Waals surface area contributed by atoms with E-state index >= 15 is 0 Å². The molecule has 0 amide bonds. The number of hydrogen-bond acceptors (Lipinski definition) is 5. The summed E-state index contributed by atoms with van der Waals surface area (Å²) in [7, 11) is 0. The van der Waals surface area contributed by atoms with Crippen LogP contribution >= 0.6 is 11.3 Å². The zero-order valence-electron chi connectivity index (χ0n) is 10.3. The lowest BCUT2D eigenvalue weighted by atomic mass is 10.3. The molecule has 0 atom stereocenters. The monoisotopic (exact) mass is 282 g/mol. The highest BCUT2D eigenvalue weighted by molar-refractivity contribution is 7.14. The lowest BCUT2D eigenvalue weighted by Gasteiger charge is -2.05. The van der Waals surface area contributed by atoms with Crippen molar-refractivity contribution in [3.63, 3.8) is 0 Å². The van der Waals surface area contributed by atoms with E-state index in [-0.39, 0.29) is 0 Å². The summed E-state index contributed by atoms with van der Waals surface area (Å²) in [5.41, 5.74) is 2.76. The molecule has 0 saturated heterocycles. The molecule has 0 unspecified atom stereocenters. The van der Waals surface area contributed by atoms with Crippen LogP contribution in [-0.2, 0) is 0 Å². The third-order valence-corrected chi connectivity index (χ3v) is 3.77. The van der Waals surface area contributed by atoms with Crippen molar-refractivity contribution in [3.8, 4) is 11.3 Å². The molecule has 0 saturated carbocycles. The van der Waals surface area contributed by atoms with E-state index in [1.807, 2.05) is 40.5 Å². The van der Waals surface area contributed by atoms with Crippen molar-refractivity contribution in [2.45, 2.75) is 0 Å². The maximum atomic E-state index is 4.46. The molecule has 0 fully saturated rings. The van der Waals surface area contributed by atoms with Gasteiger partial charge in [-0.05, 0) is 17.5 Å². The van der Waals surface area contributed by atoms with Gasteiger partial charge in [-0.25, -0.2) is 9.97 Å². The number of nitrogens with one attached hydrogen (secondary N) is 2. The Balaban J connectivity index is 1.84. The molecule has 0 aliphatic heterocycles. The Kier molecular flexibility index (Phi) is 2.49. The second kappa shape index (κ2) is 4.46. The zero-order chi connectivity index (χ0) is 13.4. The summed E-state index contributed by atoms with van der Waals surface area (Å²) in [4.78, 5) is 8.82. The van der Waals surface area contributed by atoms with Gasteiger partial charge >= 0.3 is 0 Å². The first-order valence-corrected chi connectivity index (χ1v) is 6.91. The van der Waals surface area contributed by atoms with Crippen molar-refractivity contribution in [2.75, 3.05) is 5.32 Å². The Morgan fingerprint density at radius 3 is 3.05 bits per heavy atom. The van der Waals surface area contributed by atoms with Gasteiger partial charge in [0.25, 0.3) is 0 Å². The summed E-state index contributed by atoms with van der Waals surface area (Å²) < 4.78 is 1.99. The number of rotatable bonds is 3. The van der Waals surface area contributed by atoms with Gasteiger partial charge in [0.15, 0.2) is 11.5 Å². The first kappa shape index (κ1) is 11.2. The third-order valence-electron chi connectivity index (χ3n) is 2.98. The van der Waals surface area contributed by atoms with Gasteiger partial charge in [-0.1, -0.05) is 0 Å². The van der Waals surface area contributed by atoms with Crippen LogP contribution < -0.4 is 5.32 Å². The fourth-order valence-electron chi connectivity index (χ4n) is 2.08. The minimum atomic E-state index is 0.740. The lowest BCUT2D eigenvalue weighted by molar-refractivity contribution is 1.09. The number of nitrogens with zero attached hydrogens (tertiary/aromatic N) is 4. The van der Waals surface area contributed by atoms with E-state index in [9.17, 15) is 0 Å². The Bertz CT molecular complexity index is 831. The fraction of sp³-hybridized carbons (Fsp3) is 0. The van der Waals surface area contributed by atoms with Gasteiger partial charge in [-0.3, -0.25) is 9.50 Å². The molecule has 2 N–H and O–H groups in total. The van der Waals surface area contributed by atoms with Gasteiger partial charge in [-0.2, -0.15) is 5.10 Å². The number of aromatic nitrogens is 5. The molecule has 6 nitrogen and oxygen atoms in total. The minimum Gasteiger partial charge on any atom is -0.329 e. The Morgan fingerprint density at radius 1 is 1.25 bits per heavy atom. The molecule has 4 aromatic rings. The van der Waals surface area contributed by atoms with Crippen molar-refractivity contribution >= 4 is 27.8 Å². The average molecular weight is 282 g/mol. The van der Waals surface area contributed by atoms with E-state index in [0.29, 0.717) is 0 Å². The van der Waals surface area contributed by atoms with Gasteiger partial charge in [0.2, 0.25) is 0 Å². The molecule has 0 radical (unpaired) electrons. The van der Waals surface area contributed by atoms with E-state index in [0.717, 1.165) is 27.7 Å². The standard InChI is InChI=1S/C13H10N6S/c1-2-11(20-5-1)18-12-13-15-8-10(9-6-16-17-7-9)19(13)4-3-14-12/h1-8H,(H,14,18)(H,16,17). The van der Waals surface area contributed by atoms with E-state index in [1.165, 1.54) is 0 Å². The molecule has 0 aliphatic carbocycles. The summed E-state index contributed by atoms with van der Waals surface area (Å²) in [6.07, 6.45) is 9.09. The number of imidazole rings is 1. The lowest BCUT2D eigenvalue weighted by Crippen LogP contribution is -1.97. The SMILES string of the molecule is c1csc(Nc2nccn3c(-c4cn[nH]c4)cnc23)c1. The number of hydrogen-bond donors (Lipinski definition) is 2. The van der Waals surface area contributed by atoms with Crippen LogP contribution in [0.3, 0.4) is 0 Å². The summed E-state index contributed by atoms with van der Waals surface area (Å²) in [5.74, 6) is 0.740. The fourth-order valence-corrected chi connectivity index (χ4v) is 2.69. The van der Waals surface area contributed by atoms with Crippen molar-refractivity contribution in [2.24, 2.45) is 0 Å². The zero-order valence-corrected chi connectivity index (χ0v) is 11.1. The van der Waals surface area contributed by atoms with Crippen LogP contribution in [0.15, 0.2) is 48.5 Å². The van der Waals surface area contributed by atoms with Crippen LogP contribution in [0.2, 0.25) is 0 Å². The predicted octanol–water partition coefficient (Wildman–Crippen LogP) is 2.92. The molecule has 0 aliphatic rings. The van der Waals surface area contributed by atoms with E-state index in [1.54, 1.807) is 23.7 Å². The van der Waals surface area contributed by atoms with Gasteiger partial charge in [-0.15, -0.1) is 11.3 Å². The number of H-pyrrole nitrogens is 1. The molecule has 0 aromatic carbocycles. The molecule has 0 bridgehead atoms. The van der Waals surface area contributed by atoms with Gasteiger partial charge in [0, 0.05) is 24.2 Å². The molecule has 4 heterocycles. The predicted molar refractivity (Wildman–Crippen MR) is 78.2 cm³/mol. The first-order chi connectivity index (χ1) is 9.92. The largest absolute Gasteiger partial charge is 0.329 e. The van der Waals surface area contributed by atoms with E-state index in [2.05, 4.69) is 25.5 Å². The third kappa shape index (κ3) is 1.76. The maximum Gasteiger partial charge on any atom is 0.180 e. The van der Waals surface area contributed by atoms with E-state index < -0.39 is 0 Å². The number of anilines is 2. The highest BCUT2D eigenvalue weighted by Crippen LogP contribution is 2.26. The molecule has 98 valence electrons. The van der Waals surface area contributed by atoms with E-state index in [4.69, 9.17) is 0 Å². The normalized spacial score (nSPS) is 11.0. The van der Waals surface area contributed by atoms with Gasteiger partial charge in [0.1, 0.15) is 0 Å². The van der Waals surface area contributed by atoms with Crippen LogP contribution in [0.1, 0.15) is 0 Å². The first-order valence-electron chi connectivity index (χ1n) is 6.03. The second-order valence-corrected chi connectivity index (χ2v) is 5.15. The van der Waals surface area contributed by atoms with Crippen molar-refractivity contribution in [1.29, 1.82) is 0 Å². The van der Waals surface area contributed by atoms with Gasteiger partial charge < -0.3 is 5.32 Å². The summed E-state index contributed by atoms with van der Waals surface area (Å²) in [6, 6.07) is 4.01. The molecule has 0 spiro atoms. The Morgan fingerprint density at radius 2 is 2.25 bits per heavy atom. The van der Waals surface area contributed by atoms with Crippen molar-refractivity contribution in [1.82, 2.24) is 24.6 Å². The van der Waals surface area contributed by atoms with Crippen LogP contribution in [-0.4, -0.2) is 24.6 Å². The molecule has 4 rings (SSSR count). The molecule has 7 heteroatoms. The highest BCUT2D eigenvalue weighted by atomic mass is 32.1. The highest BCUT2D eigenvalue weighted by Gasteiger charge is 2.11. The number of aromatic amines is 1. The average Bonchev–Trinajstić information content (AvgIpc) is 3.20. The summed E-state index contributed by atoms with van der Waals surface area (Å²) >= 11 is 1.63. The molecular formula is C13H10N6S. The van der Waals surface area contributed by atoms with Crippen LogP contribution in [0.5, 0.6) is 0 Å². The summed E-state index contributed by atoms with van der Waals surface area (Å²) in [6.45, 7) is 0. The van der Waals surface area contributed by atoms with Crippen LogP contribution in [0, 0.1) is 0 Å². The minimum absolute atomic E-state index is 0.740. The number of fused-ring (bicyclic) bond motifs is 1. The van der Waals surface area contributed by atoms with Gasteiger partial charge in [0.05, 0.1) is 23.1 Å². The molecular weight excluding hydrogens is 272 g/mol. The van der Waals surface area contributed by atoms with Crippen LogP contribution in [0.25, 0.3) is 16.9 Å². The molecule has 20 heavy (non-hydrogen) atoms. The second-order valence-electron chi connectivity index (χ2n) is 4.20. The maximum absolute atomic E-state index is 4.46. The van der Waals surface area contributed by atoms with Crippen molar-refractivity contribution < 1.29 is 0 Å². The number of thiophene rings is 1. The smallest absolute Gasteiger partial charge is 0.180 e. The summed E-state index contributed by atoms with van der Waals surface area (Å²) in [5, 5.41) is 13.1. The quantitative estimate of drug-likeness (QED) is 0.606. The topological polar surface area (TPSA) is 70.9 Å².